The lowest BCUT2D eigenvalue weighted by Crippen LogP contribution is -2.36. The van der Waals surface area contributed by atoms with Crippen LogP contribution in [0.4, 0.5) is 22.0 Å². The molecule has 0 rings (SSSR count). The second-order valence-corrected chi connectivity index (χ2v) is 10.3. The number of aliphatic hydroxyl groups excluding tert-OH is 1. The number of alkyl halides is 5. The van der Waals surface area contributed by atoms with E-state index in [-0.39, 0.29) is 25.6 Å². The molecule has 0 heterocycles. The second-order valence-electron chi connectivity index (χ2n) is 10.3. The molecule has 38 heavy (non-hydrogen) atoms. The van der Waals surface area contributed by atoms with Crippen LogP contribution >= 0.6 is 0 Å². The highest BCUT2D eigenvalue weighted by atomic mass is 19.4. The van der Waals surface area contributed by atoms with Gasteiger partial charge in [0.15, 0.2) is 0 Å². The number of carbonyl (C=O) groups excluding carboxylic acids is 2. The van der Waals surface area contributed by atoms with E-state index in [9.17, 15) is 36.6 Å². The molecule has 0 saturated heterocycles. The van der Waals surface area contributed by atoms with Crippen molar-refractivity contribution in [2.24, 2.45) is 17.8 Å². The van der Waals surface area contributed by atoms with Gasteiger partial charge in [-0.25, -0.2) is 0 Å². The van der Waals surface area contributed by atoms with Crippen molar-refractivity contribution in [1.82, 2.24) is 0 Å². The van der Waals surface area contributed by atoms with Gasteiger partial charge in [0, 0.05) is 6.42 Å². The molecule has 4 unspecified atom stereocenters. The zero-order chi connectivity index (χ0) is 29.2. The van der Waals surface area contributed by atoms with Gasteiger partial charge < -0.3 is 14.6 Å². The highest BCUT2D eigenvalue weighted by Gasteiger charge is 2.56. The first kappa shape index (κ1) is 36.5. The van der Waals surface area contributed by atoms with E-state index >= 15 is 0 Å². The molecule has 10 heteroatoms. The number of carbonyl (C=O) groups is 2. The first-order chi connectivity index (χ1) is 17.8. The summed E-state index contributed by atoms with van der Waals surface area (Å²) >= 11 is 0. The van der Waals surface area contributed by atoms with Crippen LogP contribution in [0.5, 0.6) is 0 Å². The summed E-state index contributed by atoms with van der Waals surface area (Å²) in [5, 5.41) is 10.1. The van der Waals surface area contributed by atoms with E-state index in [1.807, 2.05) is 0 Å². The highest BCUT2D eigenvalue weighted by molar-refractivity contribution is 5.73. The molecule has 4 atom stereocenters. The molecule has 0 aromatic rings. The van der Waals surface area contributed by atoms with Gasteiger partial charge in [0.05, 0.1) is 32.2 Å². The summed E-state index contributed by atoms with van der Waals surface area (Å²) in [6.45, 7) is 8.57. The molecule has 0 amide bonds. The lowest BCUT2D eigenvalue weighted by Gasteiger charge is -2.29. The van der Waals surface area contributed by atoms with Gasteiger partial charge in [-0.3, -0.25) is 9.59 Å². The van der Waals surface area contributed by atoms with Crippen molar-refractivity contribution in [3.8, 4) is 0 Å². The average Bonchev–Trinajstić information content (AvgIpc) is 2.83. The summed E-state index contributed by atoms with van der Waals surface area (Å²) in [6, 6.07) is 0. The SMILES string of the molecule is CCCCC(CC)CC(COC(=O)CC(O)CC(=O)OCCCCC(F)(F)C(F)(F)F)C(CC)CCCC. The van der Waals surface area contributed by atoms with Gasteiger partial charge in [-0.15, -0.1) is 0 Å². The summed E-state index contributed by atoms with van der Waals surface area (Å²) in [5.41, 5.74) is 0. The summed E-state index contributed by atoms with van der Waals surface area (Å²) < 4.78 is 72.5. The number of esters is 2. The van der Waals surface area contributed by atoms with Crippen LogP contribution in [-0.4, -0.2) is 48.5 Å². The minimum Gasteiger partial charge on any atom is -0.466 e. The molecular formula is C28H49F5O5. The van der Waals surface area contributed by atoms with Gasteiger partial charge in [-0.2, -0.15) is 22.0 Å². The monoisotopic (exact) mass is 560 g/mol. The molecule has 0 aromatic carbocycles. The maximum absolute atomic E-state index is 12.9. The Labute approximate surface area is 225 Å². The third-order valence-corrected chi connectivity index (χ3v) is 7.12. The summed E-state index contributed by atoms with van der Waals surface area (Å²) in [7, 11) is 0. The third kappa shape index (κ3) is 15.8. The third-order valence-electron chi connectivity index (χ3n) is 7.12. The Hall–Kier alpha value is -1.45. The van der Waals surface area contributed by atoms with Gasteiger partial charge in [0.2, 0.25) is 0 Å². The Bertz CT molecular complexity index is 642. The summed E-state index contributed by atoms with van der Waals surface area (Å²) in [6.07, 6.45) is -0.110. The lowest BCUT2D eigenvalue weighted by atomic mass is 9.79. The molecule has 0 saturated carbocycles. The van der Waals surface area contributed by atoms with Crippen LogP contribution in [0.15, 0.2) is 0 Å². The van der Waals surface area contributed by atoms with Crippen molar-refractivity contribution in [3.63, 3.8) is 0 Å². The number of aliphatic hydroxyl groups is 1. The molecule has 0 spiro atoms. The normalized spacial score (nSPS) is 15.5. The van der Waals surface area contributed by atoms with E-state index in [1.165, 1.54) is 6.42 Å². The first-order valence-corrected chi connectivity index (χ1v) is 14.2. The smallest absolute Gasteiger partial charge is 0.453 e. The van der Waals surface area contributed by atoms with Crippen LogP contribution in [0.25, 0.3) is 0 Å². The van der Waals surface area contributed by atoms with Crippen molar-refractivity contribution in [2.45, 2.75) is 136 Å². The summed E-state index contributed by atoms with van der Waals surface area (Å²) in [4.78, 5) is 24.2. The van der Waals surface area contributed by atoms with Gasteiger partial charge in [0.25, 0.3) is 0 Å². The molecule has 0 radical (unpaired) electrons. The van der Waals surface area contributed by atoms with Crippen LogP contribution in [0, 0.1) is 17.8 Å². The standard InChI is InChI=1S/C28H49F5O5/c1-5-9-13-21(7-3)17-23(22(8-4)14-10-6-2)20-38-26(36)19-24(34)18-25(35)37-16-12-11-15-27(29,30)28(31,32)33/h21-24,34H,5-20H2,1-4H3. The molecule has 1 N–H and O–H groups in total. The van der Waals surface area contributed by atoms with E-state index < -0.39 is 55.8 Å². The fraction of sp³-hybridized carbons (Fsp3) is 0.929. The number of hydrogen-bond acceptors (Lipinski definition) is 5. The zero-order valence-electron chi connectivity index (χ0n) is 23.6. The molecule has 226 valence electrons. The van der Waals surface area contributed by atoms with E-state index in [0.717, 1.165) is 51.4 Å². The predicted molar refractivity (Wildman–Crippen MR) is 137 cm³/mol. The topological polar surface area (TPSA) is 72.8 Å². The molecule has 0 aliphatic heterocycles. The first-order valence-electron chi connectivity index (χ1n) is 14.2. The quantitative estimate of drug-likeness (QED) is 0.0825. The van der Waals surface area contributed by atoms with Gasteiger partial charge >= 0.3 is 24.0 Å². The average molecular weight is 561 g/mol. The molecule has 0 aromatic heterocycles. The fourth-order valence-electron chi connectivity index (χ4n) is 4.60. The molecule has 0 aliphatic carbocycles. The van der Waals surface area contributed by atoms with E-state index in [1.54, 1.807) is 0 Å². The minimum atomic E-state index is -5.61. The van der Waals surface area contributed by atoms with E-state index in [0.29, 0.717) is 11.8 Å². The maximum atomic E-state index is 12.9. The Morgan fingerprint density at radius 3 is 1.87 bits per heavy atom. The van der Waals surface area contributed by atoms with E-state index in [2.05, 4.69) is 27.7 Å². The largest absolute Gasteiger partial charge is 0.466 e. The summed E-state index contributed by atoms with van der Waals surface area (Å²) in [5.74, 6) is -5.03. The van der Waals surface area contributed by atoms with Gasteiger partial charge in [0.1, 0.15) is 0 Å². The van der Waals surface area contributed by atoms with Crippen molar-refractivity contribution in [1.29, 1.82) is 0 Å². The number of rotatable bonds is 22. The maximum Gasteiger partial charge on any atom is 0.453 e. The Morgan fingerprint density at radius 1 is 0.763 bits per heavy atom. The Balaban J connectivity index is 4.60. The molecular weight excluding hydrogens is 511 g/mol. The van der Waals surface area contributed by atoms with Crippen molar-refractivity contribution in [3.05, 3.63) is 0 Å². The lowest BCUT2D eigenvalue weighted by molar-refractivity contribution is -0.284. The predicted octanol–water partition coefficient (Wildman–Crippen LogP) is 8.02. The molecule has 0 aliphatic rings. The minimum absolute atomic E-state index is 0.176. The number of ether oxygens (including phenoxy) is 2. The van der Waals surface area contributed by atoms with Crippen molar-refractivity contribution in [2.75, 3.05) is 13.2 Å². The number of hydrogen-bond donors (Lipinski definition) is 1. The second kappa shape index (κ2) is 19.6. The molecule has 5 nitrogen and oxygen atoms in total. The fourth-order valence-corrected chi connectivity index (χ4v) is 4.60. The highest BCUT2D eigenvalue weighted by Crippen LogP contribution is 2.39. The van der Waals surface area contributed by atoms with Crippen molar-refractivity contribution < 1.29 is 46.1 Å². The van der Waals surface area contributed by atoms with Crippen LogP contribution in [0.3, 0.4) is 0 Å². The molecule has 0 bridgehead atoms. The van der Waals surface area contributed by atoms with Gasteiger partial charge in [-0.05, 0) is 37.0 Å². The number of unbranched alkanes of at least 4 members (excludes halogenated alkanes) is 3. The van der Waals surface area contributed by atoms with E-state index in [4.69, 9.17) is 9.47 Å². The van der Waals surface area contributed by atoms with Crippen LogP contribution in [0.2, 0.25) is 0 Å². The van der Waals surface area contributed by atoms with Crippen LogP contribution in [0.1, 0.15) is 118 Å². The van der Waals surface area contributed by atoms with Crippen LogP contribution < -0.4 is 0 Å². The zero-order valence-corrected chi connectivity index (χ0v) is 23.6. The Morgan fingerprint density at radius 2 is 1.34 bits per heavy atom. The van der Waals surface area contributed by atoms with Gasteiger partial charge in [-0.1, -0.05) is 79.1 Å². The van der Waals surface area contributed by atoms with Crippen LogP contribution in [-0.2, 0) is 19.1 Å². The Kier molecular flexibility index (Phi) is 18.8. The van der Waals surface area contributed by atoms with Crippen molar-refractivity contribution >= 4 is 11.9 Å². The molecule has 0 fully saturated rings. The number of halogens is 5.